The molecular weight excluding hydrogens is 310 g/mol. The highest BCUT2D eigenvalue weighted by Crippen LogP contribution is 2.14. The SMILES string of the molecule is CCOC(=O)CCC(=O)NNC(=O)c1ccccc1-n1cccc1. The third kappa shape index (κ3) is 4.70. The molecule has 2 amide bonds. The number of ether oxygens (including phenoxy) is 1. The average Bonchev–Trinajstić information content (AvgIpc) is 3.12. The zero-order valence-corrected chi connectivity index (χ0v) is 13.3. The zero-order valence-electron chi connectivity index (χ0n) is 13.3. The molecule has 0 aliphatic carbocycles. The Kier molecular flexibility index (Phi) is 6.13. The van der Waals surface area contributed by atoms with Crippen molar-refractivity contribution < 1.29 is 19.1 Å². The molecule has 2 rings (SSSR count). The molecule has 0 saturated heterocycles. The van der Waals surface area contributed by atoms with Crippen LogP contribution in [0, 0.1) is 0 Å². The van der Waals surface area contributed by atoms with Crippen LogP contribution in [0.5, 0.6) is 0 Å². The minimum Gasteiger partial charge on any atom is -0.466 e. The number of amides is 2. The van der Waals surface area contributed by atoms with Crippen molar-refractivity contribution in [2.24, 2.45) is 0 Å². The number of aromatic nitrogens is 1. The molecule has 7 heteroatoms. The third-order valence-electron chi connectivity index (χ3n) is 3.21. The van der Waals surface area contributed by atoms with Crippen molar-refractivity contribution in [2.75, 3.05) is 6.61 Å². The molecule has 7 nitrogen and oxygen atoms in total. The third-order valence-corrected chi connectivity index (χ3v) is 3.21. The van der Waals surface area contributed by atoms with Crippen LogP contribution in [-0.4, -0.2) is 29.0 Å². The van der Waals surface area contributed by atoms with Gasteiger partial charge in [-0.1, -0.05) is 12.1 Å². The van der Waals surface area contributed by atoms with Crippen LogP contribution in [0.2, 0.25) is 0 Å². The normalized spacial score (nSPS) is 10.0. The van der Waals surface area contributed by atoms with Gasteiger partial charge in [-0.15, -0.1) is 0 Å². The summed E-state index contributed by atoms with van der Waals surface area (Å²) in [5.74, 6) is -1.35. The first-order valence-corrected chi connectivity index (χ1v) is 7.59. The molecule has 0 unspecified atom stereocenters. The summed E-state index contributed by atoms with van der Waals surface area (Å²) in [6.07, 6.45) is 3.56. The van der Waals surface area contributed by atoms with E-state index in [1.165, 1.54) is 0 Å². The van der Waals surface area contributed by atoms with Gasteiger partial charge in [0.1, 0.15) is 0 Å². The maximum absolute atomic E-state index is 12.3. The predicted molar refractivity (Wildman–Crippen MR) is 87.2 cm³/mol. The van der Waals surface area contributed by atoms with E-state index >= 15 is 0 Å². The second-order valence-corrected chi connectivity index (χ2v) is 4.91. The molecule has 0 spiro atoms. The van der Waals surface area contributed by atoms with Gasteiger partial charge in [-0.25, -0.2) is 0 Å². The number of hydrogen-bond donors (Lipinski definition) is 2. The van der Waals surface area contributed by atoms with Crippen LogP contribution < -0.4 is 10.9 Å². The Morgan fingerprint density at radius 1 is 1.00 bits per heavy atom. The highest BCUT2D eigenvalue weighted by molar-refractivity contribution is 5.98. The molecular formula is C17H19N3O4. The summed E-state index contributed by atoms with van der Waals surface area (Å²) >= 11 is 0. The molecule has 0 radical (unpaired) electrons. The van der Waals surface area contributed by atoms with Gasteiger partial charge >= 0.3 is 5.97 Å². The van der Waals surface area contributed by atoms with Crippen LogP contribution in [0.25, 0.3) is 5.69 Å². The van der Waals surface area contributed by atoms with E-state index in [-0.39, 0.29) is 19.4 Å². The zero-order chi connectivity index (χ0) is 17.4. The first-order chi connectivity index (χ1) is 11.6. The molecule has 0 aliphatic heterocycles. The highest BCUT2D eigenvalue weighted by atomic mass is 16.5. The largest absolute Gasteiger partial charge is 0.466 e. The monoisotopic (exact) mass is 329 g/mol. The first kappa shape index (κ1) is 17.3. The first-order valence-electron chi connectivity index (χ1n) is 7.59. The van der Waals surface area contributed by atoms with Crippen LogP contribution in [-0.2, 0) is 14.3 Å². The lowest BCUT2D eigenvalue weighted by Gasteiger charge is -2.11. The second-order valence-electron chi connectivity index (χ2n) is 4.91. The van der Waals surface area contributed by atoms with E-state index < -0.39 is 17.8 Å². The van der Waals surface area contributed by atoms with Gasteiger partial charge in [-0.05, 0) is 31.2 Å². The Bertz CT molecular complexity index is 710. The van der Waals surface area contributed by atoms with Gasteiger partial charge in [0.25, 0.3) is 5.91 Å². The van der Waals surface area contributed by atoms with Crippen molar-refractivity contribution in [3.63, 3.8) is 0 Å². The van der Waals surface area contributed by atoms with E-state index in [1.54, 1.807) is 29.7 Å². The Hall–Kier alpha value is -3.09. The van der Waals surface area contributed by atoms with Crippen molar-refractivity contribution in [1.29, 1.82) is 0 Å². The van der Waals surface area contributed by atoms with Crippen molar-refractivity contribution in [3.05, 3.63) is 54.4 Å². The summed E-state index contributed by atoms with van der Waals surface area (Å²) in [5, 5.41) is 0. The van der Waals surface area contributed by atoms with E-state index in [4.69, 9.17) is 4.74 Å². The lowest BCUT2D eigenvalue weighted by Crippen LogP contribution is -2.42. The smallest absolute Gasteiger partial charge is 0.306 e. The maximum Gasteiger partial charge on any atom is 0.306 e. The molecule has 1 aromatic carbocycles. The number of benzene rings is 1. The summed E-state index contributed by atoms with van der Waals surface area (Å²) in [4.78, 5) is 35.1. The van der Waals surface area contributed by atoms with Gasteiger partial charge in [0.2, 0.25) is 5.91 Å². The molecule has 2 aromatic rings. The topological polar surface area (TPSA) is 89.4 Å². The Labute approximate surface area is 139 Å². The fraction of sp³-hybridized carbons (Fsp3) is 0.235. The van der Waals surface area contributed by atoms with Crippen molar-refractivity contribution in [1.82, 2.24) is 15.4 Å². The quantitative estimate of drug-likeness (QED) is 0.622. The number of hydrogen-bond acceptors (Lipinski definition) is 4. The van der Waals surface area contributed by atoms with Gasteiger partial charge < -0.3 is 9.30 Å². The maximum atomic E-state index is 12.3. The fourth-order valence-electron chi connectivity index (χ4n) is 2.09. The second kappa shape index (κ2) is 8.52. The van der Waals surface area contributed by atoms with Gasteiger partial charge in [0.15, 0.2) is 0 Å². The Balaban J connectivity index is 1.92. The minimum atomic E-state index is -0.463. The Morgan fingerprint density at radius 2 is 1.71 bits per heavy atom. The van der Waals surface area contributed by atoms with Gasteiger partial charge in [-0.2, -0.15) is 0 Å². The molecule has 1 aromatic heterocycles. The summed E-state index contributed by atoms with van der Waals surface area (Å²) < 4.78 is 6.54. The highest BCUT2D eigenvalue weighted by Gasteiger charge is 2.13. The Morgan fingerprint density at radius 3 is 2.42 bits per heavy atom. The van der Waals surface area contributed by atoms with E-state index in [0.717, 1.165) is 0 Å². The molecule has 2 N–H and O–H groups in total. The summed E-state index contributed by atoms with van der Waals surface area (Å²) in [7, 11) is 0. The van der Waals surface area contributed by atoms with E-state index in [9.17, 15) is 14.4 Å². The molecule has 0 bridgehead atoms. The molecule has 1 heterocycles. The molecule has 0 fully saturated rings. The number of hydrazine groups is 1. The standard InChI is InChI=1S/C17H19N3O4/c1-2-24-16(22)10-9-15(21)18-19-17(23)13-7-3-4-8-14(13)20-11-5-6-12-20/h3-8,11-12H,2,9-10H2,1H3,(H,18,21)(H,19,23). The molecule has 0 aliphatic rings. The van der Waals surface area contributed by atoms with E-state index in [0.29, 0.717) is 11.3 Å². The van der Waals surface area contributed by atoms with Crippen molar-refractivity contribution in [3.8, 4) is 5.69 Å². The fourth-order valence-corrected chi connectivity index (χ4v) is 2.09. The summed E-state index contributed by atoms with van der Waals surface area (Å²) in [6, 6.07) is 10.7. The van der Waals surface area contributed by atoms with Gasteiger partial charge in [-0.3, -0.25) is 25.2 Å². The number of rotatable bonds is 6. The average molecular weight is 329 g/mol. The van der Waals surface area contributed by atoms with Crippen molar-refractivity contribution >= 4 is 17.8 Å². The lowest BCUT2D eigenvalue weighted by molar-refractivity contribution is -0.144. The summed E-state index contributed by atoms with van der Waals surface area (Å²) in [6.45, 7) is 1.97. The van der Waals surface area contributed by atoms with Gasteiger partial charge in [0, 0.05) is 18.8 Å². The minimum absolute atomic E-state index is 0.0322. The predicted octanol–water partition coefficient (Wildman–Crippen LogP) is 1.58. The molecule has 24 heavy (non-hydrogen) atoms. The van der Waals surface area contributed by atoms with Gasteiger partial charge in [0.05, 0.1) is 24.3 Å². The lowest BCUT2D eigenvalue weighted by atomic mass is 10.1. The van der Waals surface area contributed by atoms with Crippen LogP contribution in [0.3, 0.4) is 0 Å². The number of carbonyl (C=O) groups is 3. The molecule has 0 atom stereocenters. The number of esters is 1. The summed E-state index contributed by atoms with van der Waals surface area (Å²) in [5.41, 5.74) is 5.76. The number of para-hydroxylation sites is 1. The number of nitrogens with one attached hydrogen (secondary N) is 2. The number of carbonyl (C=O) groups excluding carboxylic acids is 3. The molecule has 126 valence electrons. The van der Waals surface area contributed by atoms with Crippen LogP contribution >= 0.6 is 0 Å². The van der Waals surface area contributed by atoms with Crippen LogP contribution in [0.15, 0.2) is 48.8 Å². The van der Waals surface area contributed by atoms with E-state index in [2.05, 4.69) is 10.9 Å². The van der Waals surface area contributed by atoms with Crippen LogP contribution in [0.1, 0.15) is 30.1 Å². The molecule has 0 saturated carbocycles. The van der Waals surface area contributed by atoms with E-state index in [1.807, 2.05) is 30.6 Å². The van der Waals surface area contributed by atoms with Crippen LogP contribution in [0.4, 0.5) is 0 Å². The number of nitrogens with zero attached hydrogens (tertiary/aromatic N) is 1. The van der Waals surface area contributed by atoms with Crippen molar-refractivity contribution in [2.45, 2.75) is 19.8 Å².